The van der Waals surface area contributed by atoms with Crippen molar-refractivity contribution in [2.24, 2.45) is 0 Å². The second-order valence-corrected chi connectivity index (χ2v) is 10.8. The van der Waals surface area contributed by atoms with E-state index in [4.69, 9.17) is 23.7 Å². The molecule has 2 fully saturated rings. The fraction of sp³-hybridized carbons (Fsp3) is 0.212. The molecule has 0 N–H and O–H groups in total. The third-order valence-electron chi connectivity index (χ3n) is 6.86. The van der Waals surface area contributed by atoms with Gasteiger partial charge >= 0.3 is 11.9 Å². The Morgan fingerprint density at radius 1 is 0.634 bits per heavy atom. The van der Waals surface area contributed by atoms with E-state index in [2.05, 4.69) is 0 Å². The van der Waals surface area contributed by atoms with E-state index in [-0.39, 0.29) is 6.61 Å². The molecule has 0 saturated carbocycles. The Labute approximate surface area is 242 Å². The van der Waals surface area contributed by atoms with Gasteiger partial charge in [-0.3, -0.25) is 0 Å². The number of hydrogen-bond acceptors (Lipinski definition) is 8. The van der Waals surface area contributed by atoms with Gasteiger partial charge < -0.3 is 23.7 Å². The van der Waals surface area contributed by atoms with Crippen LogP contribution in [0, 0.1) is 0 Å². The zero-order valence-electron chi connectivity index (χ0n) is 22.0. The predicted molar refractivity (Wildman–Crippen MR) is 152 cm³/mol. The van der Waals surface area contributed by atoms with Crippen LogP contribution < -0.4 is 0 Å². The average Bonchev–Trinajstić information content (AvgIpc) is 3.04. The molecule has 4 aromatic rings. The van der Waals surface area contributed by atoms with Crippen molar-refractivity contribution in [1.82, 2.24) is 0 Å². The maximum atomic E-state index is 13.4. The van der Waals surface area contributed by atoms with Crippen molar-refractivity contribution in [3.8, 4) is 0 Å². The van der Waals surface area contributed by atoms with Gasteiger partial charge in [0.1, 0.15) is 17.6 Å². The van der Waals surface area contributed by atoms with Gasteiger partial charge in [0.2, 0.25) is 0 Å². The van der Waals surface area contributed by atoms with Crippen LogP contribution in [0.15, 0.2) is 126 Å². The summed E-state index contributed by atoms with van der Waals surface area (Å²) >= 11 is 1.39. The minimum atomic E-state index is -0.989. The van der Waals surface area contributed by atoms with E-state index in [0.29, 0.717) is 11.1 Å². The fourth-order valence-electron chi connectivity index (χ4n) is 4.85. The molecule has 7 nitrogen and oxygen atoms in total. The average molecular weight is 569 g/mol. The molecule has 0 amide bonds. The Hall–Kier alpha value is -3.95. The van der Waals surface area contributed by atoms with E-state index in [1.807, 2.05) is 72.8 Å². The third-order valence-corrected chi connectivity index (χ3v) is 8.01. The second kappa shape index (κ2) is 12.7. The summed E-state index contributed by atoms with van der Waals surface area (Å²) in [4.78, 5) is 27.7. The summed E-state index contributed by atoms with van der Waals surface area (Å²) in [6.45, 7) is 0.203. The minimum absolute atomic E-state index is 0.203. The molecule has 208 valence electrons. The van der Waals surface area contributed by atoms with Crippen LogP contribution in [-0.4, -0.2) is 48.4 Å². The van der Waals surface area contributed by atoms with Crippen molar-refractivity contribution in [3.63, 3.8) is 0 Å². The maximum Gasteiger partial charge on any atom is 0.338 e. The molecule has 0 bridgehead atoms. The molecule has 4 aromatic carbocycles. The highest BCUT2D eigenvalue weighted by molar-refractivity contribution is 7.99. The van der Waals surface area contributed by atoms with E-state index < -0.39 is 48.1 Å². The number of carbonyl (C=O) groups is 2. The molecule has 41 heavy (non-hydrogen) atoms. The molecule has 2 aliphatic heterocycles. The number of fused-ring (bicyclic) bond motifs is 1. The van der Waals surface area contributed by atoms with Crippen molar-refractivity contribution in [2.75, 3.05) is 6.61 Å². The maximum absolute atomic E-state index is 13.4. The Kier molecular flexibility index (Phi) is 8.44. The van der Waals surface area contributed by atoms with E-state index in [9.17, 15) is 9.59 Å². The van der Waals surface area contributed by atoms with Crippen LogP contribution in [0.3, 0.4) is 0 Å². The van der Waals surface area contributed by atoms with E-state index in [1.165, 1.54) is 11.8 Å². The lowest BCUT2D eigenvalue weighted by molar-refractivity contribution is -0.317. The van der Waals surface area contributed by atoms with Crippen LogP contribution in [0.4, 0.5) is 0 Å². The van der Waals surface area contributed by atoms with Crippen LogP contribution in [-0.2, 0) is 23.7 Å². The lowest BCUT2D eigenvalue weighted by Gasteiger charge is -2.48. The zero-order valence-corrected chi connectivity index (χ0v) is 22.8. The molecule has 1 unspecified atom stereocenters. The van der Waals surface area contributed by atoms with Gasteiger partial charge in [-0.05, 0) is 36.4 Å². The highest BCUT2D eigenvalue weighted by atomic mass is 32.2. The normalized spacial score (nSPS) is 25.5. The Morgan fingerprint density at radius 2 is 1.15 bits per heavy atom. The molecule has 6 atom stereocenters. The van der Waals surface area contributed by atoms with Crippen LogP contribution >= 0.6 is 11.8 Å². The molecule has 0 radical (unpaired) electrons. The third kappa shape index (κ3) is 6.36. The predicted octanol–water partition coefficient (Wildman–Crippen LogP) is 6.07. The van der Waals surface area contributed by atoms with Gasteiger partial charge in [-0.2, -0.15) is 0 Å². The quantitative estimate of drug-likeness (QED) is 0.249. The van der Waals surface area contributed by atoms with E-state index in [0.717, 1.165) is 10.5 Å². The van der Waals surface area contributed by atoms with Crippen molar-refractivity contribution >= 4 is 23.7 Å². The van der Waals surface area contributed by atoms with Crippen LogP contribution in [0.2, 0.25) is 0 Å². The summed E-state index contributed by atoms with van der Waals surface area (Å²) in [6, 6.07) is 36.6. The molecular formula is C33H28O7S. The Balaban J connectivity index is 1.36. The molecule has 6 rings (SSSR count). The largest absolute Gasteiger partial charge is 0.452 e. The molecule has 2 aliphatic rings. The number of hydrogen-bond donors (Lipinski definition) is 0. The van der Waals surface area contributed by atoms with Gasteiger partial charge in [0.15, 0.2) is 18.5 Å². The molecule has 2 saturated heterocycles. The van der Waals surface area contributed by atoms with Gasteiger partial charge in [0.25, 0.3) is 0 Å². The first kappa shape index (κ1) is 27.2. The van der Waals surface area contributed by atoms with Crippen molar-refractivity contribution in [1.29, 1.82) is 0 Å². The summed E-state index contributed by atoms with van der Waals surface area (Å²) in [5.41, 5.74) is 0.863. The first-order valence-corrected chi connectivity index (χ1v) is 14.2. The zero-order chi connectivity index (χ0) is 28.0. The topological polar surface area (TPSA) is 80.3 Å². The Bertz CT molecular complexity index is 1440. The number of benzene rings is 4. The van der Waals surface area contributed by atoms with Crippen LogP contribution in [0.25, 0.3) is 0 Å². The minimum Gasteiger partial charge on any atom is -0.452 e. The van der Waals surface area contributed by atoms with Gasteiger partial charge in [-0.15, -0.1) is 0 Å². The highest BCUT2D eigenvalue weighted by Crippen LogP contribution is 2.41. The van der Waals surface area contributed by atoms with E-state index >= 15 is 0 Å². The summed E-state index contributed by atoms with van der Waals surface area (Å²) in [6.07, 6.45) is -4.01. The number of rotatable bonds is 7. The summed E-state index contributed by atoms with van der Waals surface area (Å²) in [7, 11) is 0. The van der Waals surface area contributed by atoms with Gasteiger partial charge in [-0.1, -0.05) is 96.7 Å². The van der Waals surface area contributed by atoms with Crippen molar-refractivity contribution < 1.29 is 33.3 Å². The van der Waals surface area contributed by atoms with Crippen LogP contribution in [0.1, 0.15) is 32.6 Å². The lowest BCUT2D eigenvalue weighted by Crippen LogP contribution is -2.63. The molecular weight excluding hydrogens is 540 g/mol. The first-order chi connectivity index (χ1) is 20.2. The number of esters is 2. The number of ether oxygens (including phenoxy) is 5. The molecule has 2 heterocycles. The smallest absolute Gasteiger partial charge is 0.338 e. The van der Waals surface area contributed by atoms with Gasteiger partial charge in [0, 0.05) is 10.5 Å². The molecule has 0 aliphatic carbocycles. The van der Waals surface area contributed by atoms with Crippen molar-refractivity contribution in [3.05, 3.63) is 138 Å². The fourth-order valence-corrected chi connectivity index (χ4v) is 5.97. The van der Waals surface area contributed by atoms with E-state index in [1.54, 1.807) is 48.5 Å². The SMILES string of the molecule is O=C(O[C@@H]1[C@@H](OC(=O)c2ccccc2)[C@H](Sc2ccccc2)O[C@@H]2COC(c3ccccc3)O[C@@H]12)c1ccccc1. The molecule has 8 heteroatoms. The van der Waals surface area contributed by atoms with Crippen molar-refractivity contribution in [2.45, 2.75) is 41.0 Å². The summed E-state index contributed by atoms with van der Waals surface area (Å²) in [5, 5.41) is 0. The summed E-state index contributed by atoms with van der Waals surface area (Å²) < 4.78 is 31.2. The molecule has 0 aromatic heterocycles. The number of carbonyl (C=O) groups excluding carboxylic acids is 2. The monoisotopic (exact) mass is 568 g/mol. The number of thioether (sulfide) groups is 1. The standard InChI is InChI=1S/C33H28O7S/c34-30(22-13-5-1-6-14-22)38-28-27-26(21-36-32(40-27)24-17-9-3-10-18-24)37-33(41-25-19-11-4-12-20-25)29(28)39-31(35)23-15-7-2-8-16-23/h1-20,26-29,32-33H,21H2/t26-,27-,28+,29-,32?,33+/m1/s1. The van der Waals surface area contributed by atoms with Gasteiger partial charge in [0.05, 0.1) is 17.7 Å². The summed E-state index contributed by atoms with van der Waals surface area (Å²) in [5.74, 6) is -1.10. The van der Waals surface area contributed by atoms with Crippen LogP contribution in [0.5, 0.6) is 0 Å². The van der Waals surface area contributed by atoms with Gasteiger partial charge in [-0.25, -0.2) is 9.59 Å². The lowest BCUT2D eigenvalue weighted by atomic mass is 9.98. The highest BCUT2D eigenvalue weighted by Gasteiger charge is 2.54. The molecule has 0 spiro atoms. The Morgan fingerprint density at radius 3 is 1.73 bits per heavy atom. The second-order valence-electron chi connectivity index (χ2n) is 9.62. The first-order valence-electron chi connectivity index (χ1n) is 13.4.